The molecule has 27 heavy (non-hydrogen) atoms. The number of imidazole rings is 1. The summed E-state index contributed by atoms with van der Waals surface area (Å²) in [5.74, 6) is 0.0988. The SMILES string of the molecule is O=C(OCCCn1c(=O)[nH]c2ccccc21)c1ccc(-n2cncn2)nc1. The van der Waals surface area contributed by atoms with Gasteiger partial charge in [0.05, 0.1) is 23.2 Å². The molecule has 4 aromatic rings. The Balaban J connectivity index is 1.33. The molecule has 3 heterocycles. The summed E-state index contributed by atoms with van der Waals surface area (Å²) in [5.41, 5.74) is 1.80. The maximum absolute atomic E-state index is 12.1. The molecule has 136 valence electrons. The number of para-hydroxylation sites is 2. The van der Waals surface area contributed by atoms with Crippen molar-refractivity contribution in [3.63, 3.8) is 0 Å². The Morgan fingerprint density at radius 3 is 2.85 bits per heavy atom. The molecule has 0 aliphatic heterocycles. The molecule has 0 aliphatic rings. The van der Waals surface area contributed by atoms with Gasteiger partial charge in [0, 0.05) is 12.7 Å². The van der Waals surface area contributed by atoms with Crippen molar-refractivity contribution in [3.05, 3.63) is 71.3 Å². The summed E-state index contributed by atoms with van der Waals surface area (Å²) in [7, 11) is 0. The second kappa shape index (κ2) is 7.24. The second-order valence-electron chi connectivity index (χ2n) is 5.83. The largest absolute Gasteiger partial charge is 0.462 e. The number of aromatic amines is 1. The summed E-state index contributed by atoms with van der Waals surface area (Å²) < 4.78 is 8.40. The number of carbonyl (C=O) groups excluding carboxylic acids is 1. The number of hydrogen-bond donors (Lipinski definition) is 1. The number of nitrogens with zero attached hydrogens (tertiary/aromatic N) is 5. The predicted octanol–water partition coefficient (Wildman–Crippen LogP) is 1.55. The van der Waals surface area contributed by atoms with Gasteiger partial charge < -0.3 is 9.72 Å². The minimum atomic E-state index is -0.459. The second-order valence-corrected chi connectivity index (χ2v) is 5.83. The molecule has 3 aromatic heterocycles. The molecule has 0 fully saturated rings. The lowest BCUT2D eigenvalue weighted by Crippen LogP contribution is -2.18. The Morgan fingerprint density at radius 1 is 1.19 bits per heavy atom. The number of benzene rings is 1. The molecule has 0 amide bonds. The van der Waals surface area contributed by atoms with E-state index in [4.69, 9.17) is 4.74 Å². The number of rotatable bonds is 6. The van der Waals surface area contributed by atoms with Crippen molar-refractivity contribution >= 4 is 17.0 Å². The van der Waals surface area contributed by atoms with Crippen molar-refractivity contribution in [1.82, 2.24) is 29.3 Å². The first kappa shape index (κ1) is 16.7. The Morgan fingerprint density at radius 2 is 2.07 bits per heavy atom. The summed E-state index contributed by atoms with van der Waals surface area (Å²) >= 11 is 0. The van der Waals surface area contributed by atoms with Crippen molar-refractivity contribution in [2.45, 2.75) is 13.0 Å². The van der Waals surface area contributed by atoms with Crippen LogP contribution in [-0.2, 0) is 11.3 Å². The van der Waals surface area contributed by atoms with Crippen LogP contribution in [-0.4, -0.2) is 41.9 Å². The molecule has 0 aliphatic carbocycles. The summed E-state index contributed by atoms with van der Waals surface area (Å²) in [6.07, 6.45) is 4.89. The first-order chi connectivity index (χ1) is 13.2. The van der Waals surface area contributed by atoms with Gasteiger partial charge in [-0.2, -0.15) is 5.10 Å². The van der Waals surface area contributed by atoms with Crippen molar-refractivity contribution in [2.24, 2.45) is 0 Å². The van der Waals surface area contributed by atoms with E-state index in [1.54, 1.807) is 16.7 Å². The zero-order chi connectivity index (χ0) is 18.6. The Labute approximate surface area is 153 Å². The van der Waals surface area contributed by atoms with Gasteiger partial charge in [0.25, 0.3) is 0 Å². The van der Waals surface area contributed by atoms with Crippen molar-refractivity contribution < 1.29 is 9.53 Å². The van der Waals surface area contributed by atoms with E-state index >= 15 is 0 Å². The number of esters is 1. The van der Waals surface area contributed by atoms with Crippen LogP contribution < -0.4 is 5.69 Å². The highest BCUT2D eigenvalue weighted by Gasteiger charge is 2.10. The lowest BCUT2D eigenvalue weighted by Gasteiger charge is -2.06. The highest BCUT2D eigenvalue weighted by atomic mass is 16.5. The topological polar surface area (TPSA) is 108 Å². The predicted molar refractivity (Wildman–Crippen MR) is 96.6 cm³/mol. The molecule has 4 rings (SSSR count). The van der Waals surface area contributed by atoms with Gasteiger partial charge in [-0.3, -0.25) is 4.57 Å². The van der Waals surface area contributed by atoms with E-state index in [2.05, 4.69) is 20.1 Å². The number of carbonyl (C=O) groups is 1. The van der Waals surface area contributed by atoms with Gasteiger partial charge in [0.1, 0.15) is 12.7 Å². The number of hydrogen-bond acceptors (Lipinski definition) is 6. The Kier molecular flexibility index (Phi) is 4.48. The number of nitrogens with one attached hydrogen (secondary N) is 1. The van der Waals surface area contributed by atoms with Crippen LogP contribution in [0.1, 0.15) is 16.8 Å². The van der Waals surface area contributed by atoms with Gasteiger partial charge in [-0.15, -0.1) is 0 Å². The molecule has 0 radical (unpaired) electrons. The smallest absolute Gasteiger partial charge is 0.339 e. The van der Waals surface area contributed by atoms with Gasteiger partial charge in [0.15, 0.2) is 5.82 Å². The summed E-state index contributed by atoms with van der Waals surface area (Å²) in [4.78, 5) is 34.9. The fraction of sp³-hybridized carbons (Fsp3) is 0.167. The van der Waals surface area contributed by atoms with E-state index in [9.17, 15) is 9.59 Å². The van der Waals surface area contributed by atoms with Crippen LogP contribution in [0.5, 0.6) is 0 Å². The van der Waals surface area contributed by atoms with Gasteiger partial charge in [-0.1, -0.05) is 12.1 Å². The van der Waals surface area contributed by atoms with E-state index in [0.29, 0.717) is 24.3 Å². The fourth-order valence-corrected chi connectivity index (χ4v) is 2.77. The number of aryl methyl sites for hydroxylation is 1. The average Bonchev–Trinajstić information content (AvgIpc) is 3.33. The Bertz CT molecular complexity index is 1110. The monoisotopic (exact) mass is 364 g/mol. The average molecular weight is 364 g/mol. The molecule has 0 unspecified atom stereocenters. The standard InChI is InChI=1S/C18H16N6O3/c25-17(13-6-7-16(20-10-13)24-12-19-11-21-24)27-9-3-8-23-15-5-2-1-4-14(15)22-18(23)26/h1-2,4-7,10-12H,3,8-9H2,(H,22,26). The molecule has 9 heteroatoms. The van der Waals surface area contributed by atoms with Crippen molar-refractivity contribution in [1.29, 1.82) is 0 Å². The zero-order valence-electron chi connectivity index (χ0n) is 14.3. The normalized spacial score (nSPS) is 11.0. The molecular weight excluding hydrogens is 348 g/mol. The minimum Gasteiger partial charge on any atom is -0.462 e. The summed E-state index contributed by atoms with van der Waals surface area (Å²) in [6.45, 7) is 0.662. The van der Waals surface area contributed by atoms with Crippen LogP contribution in [0.2, 0.25) is 0 Å². The third-order valence-corrected chi connectivity index (χ3v) is 4.08. The molecule has 0 spiro atoms. The van der Waals surface area contributed by atoms with Gasteiger partial charge >= 0.3 is 11.7 Å². The van der Waals surface area contributed by atoms with Crippen LogP contribution in [0.3, 0.4) is 0 Å². The molecule has 9 nitrogen and oxygen atoms in total. The van der Waals surface area contributed by atoms with Gasteiger partial charge in [-0.05, 0) is 30.7 Å². The fourth-order valence-electron chi connectivity index (χ4n) is 2.77. The number of H-pyrrole nitrogens is 1. The molecule has 0 atom stereocenters. The molecule has 0 bridgehead atoms. The van der Waals surface area contributed by atoms with E-state index < -0.39 is 5.97 Å². The minimum absolute atomic E-state index is 0.171. The highest BCUT2D eigenvalue weighted by Crippen LogP contribution is 2.10. The van der Waals surface area contributed by atoms with E-state index in [1.165, 1.54) is 23.5 Å². The van der Waals surface area contributed by atoms with E-state index in [-0.39, 0.29) is 12.3 Å². The molecule has 0 saturated heterocycles. The third-order valence-electron chi connectivity index (χ3n) is 4.08. The lowest BCUT2D eigenvalue weighted by atomic mass is 10.3. The van der Waals surface area contributed by atoms with Crippen LogP contribution >= 0.6 is 0 Å². The first-order valence-electron chi connectivity index (χ1n) is 8.38. The van der Waals surface area contributed by atoms with Crippen LogP contribution in [0.15, 0.2) is 60.0 Å². The number of ether oxygens (including phenoxy) is 1. The number of fused-ring (bicyclic) bond motifs is 1. The van der Waals surface area contributed by atoms with Gasteiger partial charge in [-0.25, -0.2) is 24.2 Å². The number of aromatic nitrogens is 6. The Hall–Kier alpha value is -3.75. The quantitative estimate of drug-likeness (QED) is 0.411. The lowest BCUT2D eigenvalue weighted by molar-refractivity contribution is 0.0495. The van der Waals surface area contributed by atoms with Crippen LogP contribution in [0.4, 0.5) is 0 Å². The molecule has 1 N–H and O–H groups in total. The van der Waals surface area contributed by atoms with Crippen molar-refractivity contribution in [3.8, 4) is 5.82 Å². The molecule has 0 saturated carbocycles. The highest BCUT2D eigenvalue weighted by molar-refractivity contribution is 5.89. The number of pyridine rings is 1. The zero-order valence-corrected chi connectivity index (χ0v) is 14.3. The van der Waals surface area contributed by atoms with E-state index in [1.807, 2.05) is 24.3 Å². The van der Waals surface area contributed by atoms with Gasteiger partial charge in [0.2, 0.25) is 0 Å². The molecule has 1 aromatic carbocycles. The maximum Gasteiger partial charge on any atom is 0.339 e. The maximum atomic E-state index is 12.1. The van der Waals surface area contributed by atoms with Crippen LogP contribution in [0, 0.1) is 0 Å². The first-order valence-corrected chi connectivity index (χ1v) is 8.38. The van der Waals surface area contributed by atoms with Crippen LogP contribution in [0.25, 0.3) is 16.9 Å². The van der Waals surface area contributed by atoms with Crippen molar-refractivity contribution in [2.75, 3.05) is 6.61 Å². The summed E-state index contributed by atoms with van der Waals surface area (Å²) in [6, 6.07) is 10.8. The third kappa shape index (κ3) is 3.47. The molecular formula is C18H16N6O3. The summed E-state index contributed by atoms with van der Waals surface area (Å²) in [5, 5.41) is 3.97. The van der Waals surface area contributed by atoms with E-state index in [0.717, 1.165) is 11.0 Å².